The lowest BCUT2D eigenvalue weighted by atomic mass is 10.0. The molecule has 69 heavy (non-hydrogen) atoms. The number of unbranched alkanes of at least 4 members (excludes halogenated alkanes) is 33. The number of ether oxygens (including phenoxy) is 3. The zero-order valence-electron chi connectivity index (χ0n) is 45.8. The van der Waals surface area contributed by atoms with E-state index in [-0.39, 0.29) is 37.5 Å². The van der Waals surface area contributed by atoms with Crippen molar-refractivity contribution >= 4 is 17.9 Å². The second-order valence-electron chi connectivity index (χ2n) is 19.9. The van der Waals surface area contributed by atoms with Crippen molar-refractivity contribution < 1.29 is 28.6 Å². The smallest absolute Gasteiger partial charge is 0.306 e. The van der Waals surface area contributed by atoms with Crippen LogP contribution in [0.15, 0.2) is 60.8 Å². The average molecular weight is 966 g/mol. The monoisotopic (exact) mass is 965 g/mol. The largest absolute Gasteiger partial charge is 0.462 e. The topological polar surface area (TPSA) is 78.9 Å². The van der Waals surface area contributed by atoms with Gasteiger partial charge in [0.1, 0.15) is 13.2 Å². The van der Waals surface area contributed by atoms with E-state index in [0.717, 1.165) is 77.0 Å². The Morgan fingerprint density at radius 1 is 0.304 bits per heavy atom. The van der Waals surface area contributed by atoms with Gasteiger partial charge in [0.2, 0.25) is 0 Å². The van der Waals surface area contributed by atoms with Crippen LogP contribution in [0.25, 0.3) is 0 Å². The minimum Gasteiger partial charge on any atom is -0.462 e. The zero-order chi connectivity index (χ0) is 50.0. The fourth-order valence-corrected chi connectivity index (χ4v) is 8.60. The van der Waals surface area contributed by atoms with E-state index in [1.165, 1.54) is 180 Å². The Hall–Kier alpha value is -2.89. The third-order valence-electron chi connectivity index (χ3n) is 13.0. The molecule has 0 rings (SSSR count). The molecule has 6 nitrogen and oxygen atoms in total. The first-order valence-electron chi connectivity index (χ1n) is 29.8. The molecule has 6 heteroatoms. The molecule has 0 radical (unpaired) electrons. The molecule has 0 aromatic carbocycles. The van der Waals surface area contributed by atoms with E-state index in [9.17, 15) is 14.4 Å². The molecule has 0 unspecified atom stereocenters. The summed E-state index contributed by atoms with van der Waals surface area (Å²) in [5.74, 6) is -0.933. The highest BCUT2D eigenvalue weighted by molar-refractivity contribution is 5.71. The lowest BCUT2D eigenvalue weighted by Gasteiger charge is -2.18. The van der Waals surface area contributed by atoms with Crippen molar-refractivity contribution in [3.05, 3.63) is 60.8 Å². The van der Waals surface area contributed by atoms with E-state index >= 15 is 0 Å². The summed E-state index contributed by atoms with van der Waals surface area (Å²) >= 11 is 0. The van der Waals surface area contributed by atoms with Crippen LogP contribution in [0.4, 0.5) is 0 Å². The number of hydrogen-bond acceptors (Lipinski definition) is 6. The van der Waals surface area contributed by atoms with Gasteiger partial charge in [-0.05, 0) is 57.8 Å². The maximum Gasteiger partial charge on any atom is 0.306 e. The molecule has 0 bridgehead atoms. The van der Waals surface area contributed by atoms with Crippen molar-refractivity contribution in [2.24, 2.45) is 0 Å². The summed E-state index contributed by atoms with van der Waals surface area (Å²) in [6.45, 7) is 6.52. The zero-order valence-corrected chi connectivity index (χ0v) is 45.8. The molecule has 0 heterocycles. The molecular formula is C63H112O6. The Kier molecular flexibility index (Phi) is 55.3. The standard InChI is InChI=1S/C63H112O6/c1-4-7-10-13-16-19-22-25-27-29-30-31-32-34-36-39-42-45-48-51-54-57-63(66)69-60(58-67-61(64)55-52-49-46-43-40-37-24-21-18-15-12-9-6-3)59-68-62(65)56-53-50-47-44-41-38-35-33-28-26-23-20-17-14-11-8-5-2/h8,11,17,20,26,28,35,38,44,47,60H,4-7,9-10,12-16,18-19,21-25,27,29-34,36-37,39-43,45-46,48-59H2,1-3H3/b11-8-,20-17-,28-26-,38-35-,47-44-/t60-/m0/s1. The highest BCUT2D eigenvalue weighted by Crippen LogP contribution is 2.17. The Balaban J connectivity index is 4.38. The van der Waals surface area contributed by atoms with Crippen LogP contribution in [0.5, 0.6) is 0 Å². The summed E-state index contributed by atoms with van der Waals surface area (Å²) < 4.78 is 16.8. The van der Waals surface area contributed by atoms with E-state index in [4.69, 9.17) is 14.2 Å². The van der Waals surface area contributed by atoms with Crippen LogP contribution in [-0.2, 0) is 28.6 Å². The van der Waals surface area contributed by atoms with Crippen LogP contribution in [-0.4, -0.2) is 37.2 Å². The fraction of sp³-hybridized carbons (Fsp3) is 0.794. The van der Waals surface area contributed by atoms with Gasteiger partial charge in [-0.2, -0.15) is 0 Å². The van der Waals surface area contributed by atoms with Crippen LogP contribution >= 0.6 is 0 Å². The molecule has 0 spiro atoms. The fourth-order valence-electron chi connectivity index (χ4n) is 8.60. The maximum atomic E-state index is 12.9. The van der Waals surface area contributed by atoms with E-state index in [1.54, 1.807) is 0 Å². The van der Waals surface area contributed by atoms with Crippen molar-refractivity contribution in [1.82, 2.24) is 0 Å². The van der Waals surface area contributed by atoms with E-state index in [0.29, 0.717) is 19.3 Å². The van der Waals surface area contributed by atoms with E-state index < -0.39 is 6.10 Å². The molecule has 0 aromatic rings. The van der Waals surface area contributed by atoms with E-state index in [1.807, 2.05) is 0 Å². The number of carbonyl (C=O) groups is 3. The third kappa shape index (κ3) is 55.9. The van der Waals surface area contributed by atoms with E-state index in [2.05, 4.69) is 81.5 Å². The Morgan fingerprint density at radius 2 is 0.565 bits per heavy atom. The molecule has 0 aromatic heterocycles. The van der Waals surface area contributed by atoms with Gasteiger partial charge in [-0.3, -0.25) is 14.4 Å². The second-order valence-corrected chi connectivity index (χ2v) is 19.9. The molecule has 0 fully saturated rings. The van der Waals surface area contributed by atoms with Crippen molar-refractivity contribution in [2.75, 3.05) is 13.2 Å². The minimum atomic E-state index is -0.794. The highest BCUT2D eigenvalue weighted by Gasteiger charge is 2.19. The molecule has 0 N–H and O–H groups in total. The van der Waals surface area contributed by atoms with Gasteiger partial charge in [0.25, 0.3) is 0 Å². The van der Waals surface area contributed by atoms with Gasteiger partial charge in [0, 0.05) is 19.3 Å². The van der Waals surface area contributed by atoms with Crippen molar-refractivity contribution in [2.45, 2.75) is 309 Å². The van der Waals surface area contributed by atoms with Crippen LogP contribution in [0.3, 0.4) is 0 Å². The molecule has 0 aliphatic heterocycles. The minimum absolute atomic E-state index is 0.0877. The molecule has 1 atom stereocenters. The van der Waals surface area contributed by atoms with Crippen LogP contribution in [0.1, 0.15) is 303 Å². The predicted molar refractivity (Wildman–Crippen MR) is 298 cm³/mol. The average Bonchev–Trinajstić information content (AvgIpc) is 3.35. The summed E-state index contributed by atoms with van der Waals surface area (Å²) in [5, 5.41) is 0. The molecule has 400 valence electrons. The predicted octanol–water partition coefficient (Wildman–Crippen LogP) is 20.0. The normalized spacial score (nSPS) is 12.4. The number of hydrogen-bond donors (Lipinski definition) is 0. The molecule has 0 amide bonds. The summed E-state index contributed by atoms with van der Waals surface area (Å²) in [5.41, 5.74) is 0. The Bertz CT molecular complexity index is 1250. The van der Waals surface area contributed by atoms with Crippen LogP contribution in [0.2, 0.25) is 0 Å². The van der Waals surface area contributed by atoms with Gasteiger partial charge >= 0.3 is 17.9 Å². The number of rotatable bonds is 54. The van der Waals surface area contributed by atoms with Gasteiger partial charge in [0.15, 0.2) is 6.10 Å². The van der Waals surface area contributed by atoms with Gasteiger partial charge in [-0.15, -0.1) is 0 Å². The first-order valence-corrected chi connectivity index (χ1v) is 29.8. The Morgan fingerprint density at radius 3 is 0.884 bits per heavy atom. The van der Waals surface area contributed by atoms with Gasteiger partial charge in [0.05, 0.1) is 0 Å². The quantitative estimate of drug-likeness (QED) is 0.0262. The van der Waals surface area contributed by atoms with Gasteiger partial charge in [-0.25, -0.2) is 0 Å². The lowest BCUT2D eigenvalue weighted by Crippen LogP contribution is -2.30. The maximum absolute atomic E-state index is 12.9. The van der Waals surface area contributed by atoms with Crippen LogP contribution in [0, 0.1) is 0 Å². The molecule has 0 saturated heterocycles. The number of allylic oxidation sites excluding steroid dienone is 10. The molecule has 0 aliphatic carbocycles. The summed E-state index contributed by atoms with van der Waals surface area (Å²) in [6, 6.07) is 0. The van der Waals surface area contributed by atoms with Crippen molar-refractivity contribution in [1.29, 1.82) is 0 Å². The summed E-state index contributed by atoms with van der Waals surface area (Å²) in [6.07, 6.45) is 72.3. The molecule has 0 aliphatic rings. The molecular weight excluding hydrogens is 853 g/mol. The Labute approximate surface area is 428 Å². The second kappa shape index (κ2) is 57.7. The number of carbonyl (C=O) groups excluding carboxylic acids is 3. The lowest BCUT2D eigenvalue weighted by molar-refractivity contribution is -0.167. The first kappa shape index (κ1) is 66.1. The summed E-state index contributed by atoms with van der Waals surface area (Å²) in [4.78, 5) is 38.2. The van der Waals surface area contributed by atoms with Crippen LogP contribution < -0.4 is 0 Å². The highest BCUT2D eigenvalue weighted by atomic mass is 16.6. The molecule has 0 saturated carbocycles. The number of esters is 3. The summed E-state index contributed by atoms with van der Waals surface area (Å²) in [7, 11) is 0. The van der Waals surface area contributed by atoms with Gasteiger partial charge in [-0.1, -0.05) is 287 Å². The van der Waals surface area contributed by atoms with Crippen molar-refractivity contribution in [3.63, 3.8) is 0 Å². The van der Waals surface area contributed by atoms with Gasteiger partial charge < -0.3 is 14.2 Å². The third-order valence-corrected chi connectivity index (χ3v) is 13.0. The van der Waals surface area contributed by atoms with Crippen molar-refractivity contribution in [3.8, 4) is 0 Å². The first-order chi connectivity index (χ1) is 34.0. The SMILES string of the molecule is CC/C=C\C/C=C\C/C=C\C/C=C\C/C=C\CCCC(=O)OC[C@H](COC(=O)CCCCCCCCCCCCCCC)OC(=O)CCCCCCCCCCCCCCCCCCCCCCC.